The highest BCUT2D eigenvalue weighted by molar-refractivity contribution is 5.99. The first-order chi connectivity index (χ1) is 12.0. The lowest BCUT2D eigenvalue weighted by Gasteiger charge is -2.11. The number of nitrogens with one attached hydrogen (secondary N) is 1. The third kappa shape index (κ3) is 3.32. The number of anilines is 1. The highest BCUT2D eigenvalue weighted by atomic mass is 16.5. The van der Waals surface area contributed by atoms with Gasteiger partial charge in [-0.25, -0.2) is 4.79 Å². The molecule has 1 atom stereocenters. The summed E-state index contributed by atoms with van der Waals surface area (Å²) in [5.41, 5.74) is 1.50. The molecule has 0 saturated carbocycles. The maximum Gasteiger partial charge on any atom is 0.343 e. The Morgan fingerprint density at radius 2 is 2.08 bits per heavy atom. The van der Waals surface area contributed by atoms with Gasteiger partial charge in [-0.1, -0.05) is 5.16 Å². The monoisotopic (exact) mass is 342 g/mol. The minimum Gasteiger partial charge on any atom is -0.497 e. The summed E-state index contributed by atoms with van der Waals surface area (Å²) in [7, 11) is 3.38. The number of ether oxygens (including phenoxy) is 1. The zero-order valence-electron chi connectivity index (χ0n) is 14.1. The summed E-state index contributed by atoms with van der Waals surface area (Å²) in [6, 6.07) is 6.73. The first-order valence-corrected chi connectivity index (χ1v) is 7.62. The fourth-order valence-electron chi connectivity index (χ4n) is 2.48. The molecule has 130 valence electrons. The smallest absolute Gasteiger partial charge is 0.343 e. The van der Waals surface area contributed by atoms with E-state index in [-0.39, 0.29) is 23.2 Å². The predicted octanol–water partition coefficient (Wildman–Crippen LogP) is 2.96. The molecule has 0 aliphatic rings. The Morgan fingerprint density at radius 3 is 2.64 bits per heavy atom. The van der Waals surface area contributed by atoms with Crippen molar-refractivity contribution in [2.75, 3.05) is 12.4 Å². The van der Waals surface area contributed by atoms with Crippen molar-refractivity contribution in [1.29, 1.82) is 0 Å². The van der Waals surface area contributed by atoms with Crippen LogP contribution in [-0.2, 0) is 7.05 Å². The molecule has 3 aromatic rings. The van der Waals surface area contributed by atoms with Gasteiger partial charge >= 0.3 is 5.97 Å². The van der Waals surface area contributed by atoms with Crippen molar-refractivity contribution in [2.45, 2.75) is 13.0 Å². The molecule has 0 fully saturated rings. The van der Waals surface area contributed by atoms with Crippen LogP contribution < -0.4 is 10.1 Å². The molecule has 0 aliphatic carbocycles. The van der Waals surface area contributed by atoms with E-state index in [1.165, 1.54) is 0 Å². The molecule has 3 rings (SSSR count). The number of hydrogen-bond donors (Lipinski definition) is 2. The molecule has 25 heavy (non-hydrogen) atoms. The molecule has 1 aromatic carbocycles. The number of aromatic nitrogens is 3. The Bertz CT molecular complexity index is 882. The molecule has 0 bridgehead atoms. The molecule has 0 spiro atoms. The normalized spacial score (nSPS) is 12.0. The van der Waals surface area contributed by atoms with Gasteiger partial charge in [0.25, 0.3) is 0 Å². The third-order valence-corrected chi connectivity index (χ3v) is 3.84. The molecular weight excluding hydrogens is 324 g/mol. The van der Waals surface area contributed by atoms with Gasteiger partial charge in [-0.15, -0.1) is 0 Å². The van der Waals surface area contributed by atoms with Crippen LogP contribution in [0.1, 0.15) is 28.9 Å². The van der Waals surface area contributed by atoms with E-state index in [4.69, 9.17) is 9.26 Å². The average Bonchev–Trinajstić information content (AvgIpc) is 3.21. The molecule has 8 nitrogen and oxygen atoms in total. The summed E-state index contributed by atoms with van der Waals surface area (Å²) in [4.78, 5) is 11.7. The number of aryl methyl sites for hydroxylation is 1. The van der Waals surface area contributed by atoms with Gasteiger partial charge in [0.05, 0.1) is 19.3 Å². The van der Waals surface area contributed by atoms with Crippen molar-refractivity contribution < 1.29 is 19.2 Å². The summed E-state index contributed by atoms with van der Waals surface area (Å²) in [6.45, 7) is 1.89. The van der Waals surface area contributed by atoms with Crippen molar-refractivity contribution in [3.63, 3.8) is 0 Å². The Morgan fingerprint density at radius 1 is 1.36 bits per heavy atom. The molecule has 2 heterocycles. The van der Waals surface area contributed by atoms with Crippen molar-refractivity contribution in [3.8, 4) is 17.1 Å². The Hall–Kier alpha value is -3.29. The molecule has 0 saturated heterocycles. The van der Waals surface area contributed by atoms with Crippen LogP contribution in [0.5, 0.6) is 5.75 Å². The number of methoxy groups -OCH3 is 1. The molecular formula is C17H18N4O4. The van der Waals surface area contributed by atoms with E-state index in [0.717, 1.165) is 5.56 Å². The SMILES string of the molecule is COc1ccc(-c2onc(NC(C)c3cnn(C)c3)c2C(=O)O)cc1. The van der Waals surface area contributed by atoms with E-state index in [1.807, 2.05) is 20.2 Å². The lowest BCUT2D eigenvalue weighted by atomic mass is 10.1. The summed E-state index contributed by atoms with van der Waals surface area (Å²) < 4.78 is 12.1. The van der Waals surface area contributed by atoms with Gasteiger partial charge in [-0.05, 0) is 31.2 Å². The van der Waals surface area contributed by atoms with Gasteiger partial charge in [0.15, 0.2) is 17.1 Å². The molecule has 1 unspecified atom stereocenters. The number of nitrogens with zero attached hydrogens (tertiary/aromatic N) is 3. The van der Waals surface area contributed by atoms with Crippen LogP contribution in [0, 0.1) is 0 Å². The zero-order valence-corrected chi connectivity index (χ0v) is 14.1. The van der Waals surface area contributed by atoms with E-state index >= 15 is 0 Å². The maximum absolute atomic E-state index is 11.7. The van der Waals surface area contributed by atoms with Gasteiger partial charge in [-0.2, -0.15) is 5.10 Å². The van der Waals surface area contributed by atoms with Crippen molar-refractivity contribution in [1.82, 2.24) is 14.9 Å². The lowest BCUT2D eigenvalue weighted by molar-refractivity contribution is 0.0698. The van der Waals surface area contributed by atoms with Crippen LogP contribution in [0.3, 0.4) is 0 Å². The highest BCUT2D eigenvalue weighted by Gasteiger charge is 2.25. The minimum atomic E-state index is -1.12. The fourth-order valence-corrected chi connectivity index (χ4v) is 2.48. The number of hydrogen-bond acceptors (Lipinski definition) is 6. The standard InChI is InChI=1S/C17H18N4O4/c1-10(12-8-18-21(2)9-12)19-16-14(17(22)23)15(25-20-16)11-4-6-13(24-3)7-5-11/h4-10H,1-3H3,(H,19,20)(H,22,23). The second-order valence-electron chi connectivity index (χ2n) is 5.58. The quantitative estimate of drug-likeness (QED) is 0.710. The van der Waals surface area contributed by atoms with Crippen LogP contribution in [0.15, 0.2) is 41.2 Å². The summed E-state index contributed by atoms with van der Waals surface area (Å²) in [5.74, 6) is -0.0812. The Labute approximate surface area is 144 Å². The number of benzene rings is 1. The first-order valence-electron chi connectivity index (χ1n) is 7.62. The van der Waals surface area contributed by atoms with Gasteiger partial charge in [0, 0.05) is 24.4 Å². The number of aromatic carboxylic acids is 1. The maximum atomic E-state index is 11.7. The highest BCUT2D eigenvalue weighted by Crippen LogP contribution is 2.32. The topological polar surface area (TPSA) is 102 Å². The Balaban J connectivity index is 1.92. The van der Waals surface area contributed by atoms with Crippen LogP contribution in [0.25, 0.3) is 11.3 Å². The van der Waals surface area contributed by atoms with Crippen molar-refractivity contribution in [2.24, 2.45) is 7.05 Å². The number of rotatable bonds is 6. The lowest BCUT2D eigenvalue weighted by Crippen LogP contribution is -2.10. The van der Waals surface area contributed by atoms with E-state index in [0.29, 0.717) is 11.3 Å². The summed E-state index contributed by atoms with van der Waals surface area (Å²) >= 11 is 0. The molecule has 0 amide bonds. The molecule has 0 aliphatic heterocycles. The van der Waals surface area contributed by atoms with Crippen LogP contribution in [0.4, 0.5) is 5.82 Å². The number of carboxylic acids is 1. The zero-order chi connectivity index (χ0) is 18.0. The molecule has 2 aromatic heterocycles. The van der Waals surface area contributed by atoms with E-state index < -0.39 is 5.97 Å². The van der Waals surface area contributed by atoms with Gasteiger partial charge < -0.3 is 19.7 Å². The van der Waals surface area contributed by atoms with E-state index in [1.54, 1.807) is 42.3 Å². The van der Waals surface area contributed by atoms with Crippen molar-refractivity contribution >= 4 is 11.8 Å². The predicted molar refractivity (Wildman–Crippen MR) is 90.7 cm³/mol. The van der Waals surface area contributed by atoms with E-state index in [9.17, 15) is 9.90 Å². The van der Waals surface area contributed by atoms with Crippen LogP contribution in [0.2, 0.25) is 0 Å². The van der Waals surface area contributed by atoms with Crippen LogP contribution >= 0.6 is 0 Å². The fraction of sp³-hybridized carbons (Fsp3) is 0.235. The average molecular weight is 342 g/mol. The summed E-state index contributed by atoms with van der Waals surface area (Å²) in [5, 5.41) is 20.7. The number of carboxylic acid groups (broad SMARTS) is 1. The molecule has 0 radical (unpaired) electrons. The first kappa shape index (κ1) is 16.6. The molecule has 2 N–H and O–H groups in total. The third-order valence-electron chi connectivity index (χ3n) is 3.84. The van der Waals surface area contributed by atoms with Gasteiger partial charge in [0.1, 0.15) is 5.75 Å². The van der Waals surface area contributed by atoms with Gasteiger partial charge in [-0.3, -0.25) is 4.68 Å². The van der Waals surface area contributed by atoms with Crippen LogP contribution in [-0.4, -0.2) is 33.1 Å². The van der Waals surface area contributed by atoms with E-state index in [2.05, 4.69) is 15.6 Å². The second-order valence-corrected chi connectivity index (χ2v) is 5.58. The van der Waals surface area contributed by atoms with Gasteiger partial charge in [0.2, 0.25) is 0 Å². The second kappa shape index (κ2) is 6.68. The minimum absolute atomic E-state index is 0.0130. The molecule has 8 heteroatoms. The summed E-state index contributed by atoms with van der Waals surface area (Å²) in [6.07, 6.45) is 3.56. The number of carbonyl (C=O) groups is 1. The largest absolute Gasteiger partial charge is 0.497 e. The van der Waals surface area contributed by atoms with Crippen molar-refractivity contribution in [3.05, 3.63) is 47.8 Å². The Kier molecular flexibility index (Phi) is 4.42.